The van der Waals surface area contributed by atoms with Gasteiger partial charge in [0.2, 0.25) is 0 Å². The predicted molar refractivity (Wildman–Crippen MR) is 47.7 cm³/mol. The van der Waals surface area contributed by atoms with Gasteiger partial charge in [-0.05, 0) is 18.9 Å². The largest absolute Gasteiger partial charge is 0.381 e. The van der Waals surface area contributed by atoms with Crippen molar-refractivity contribution >= 4 is 5.78 Å². The number of allylic oxidation sites excluding steroid dienone is 1. The van der Waals surface area contributed by atoms with Crippen molar-refractivity contribution in [2.45, 2.75) is 25.9 Å². The fourth-order valence-corrected chi connectivity index (χ4v) is 1.57. The second-order valence-electron chi connectivity index (χ2n) is 3.38. The fraction of sp³-hybridized carbons (Fsp3) is 0.500. The zero-order valence-electron chi connectivity index (χ0n) is 7.34. The Labute approximate surface area is 72.6 Å². The van der Waals surface area contributed by atoms with Gasteiger partial charge in [0.05, 0.1) is 0 Å². The summed E-state index contributed by atoms with van der Waals surface area (Å²) in [6.07, 6.45) is 0.238. The van der Waals surface area contributed by atoms with E-state index in [0.717, 1.165) is 12.0 Å². The molecule has 1 fully saturated rings. The van der Waals surface area contributed by atoms with Crippen LogP contribution in [0.1, 0.15) is 19.8 Å². The molecule has 2 heteroatoms. The number of carbonyl (C=O) groups is 1. The van der Waals surface area contributed by atoms with Crippen LogP contribution in [0.2, 0.25) is 0 Å². The lowest BCUT2D eigenvalue weighted by Crippen LogP contribution is -2.32. The van der Waals surface area contributed by atoms with Crippen molar-refractivity contribution in [1.82, 2.24) is 0 Å². The zero-order valence-corrected chi connectivity index (χ0v) is 7.34. The number of hydrogen-bond donors (Lipinski definition) is 1. The number of aliphatic hydroxyl groups excluding tert-OH is 1. The first-order valence-corrected chi connectivity index (χ1v) is 4.09. The molecule has 0 aromatic rings. The molecule has 0 radical (unpaired) electrons. The minimum atomic E-state index is -0.958. The Hall–Kier alpha value is -0.890. The van der Waals surface area contributed by atoms with Gasteiger partial charge in [-0.15, -0.1) is 0 Å². The van der Waals surface area contributed by atoms with E-state index in [0.29, 0.717) is 12.0 Å². The lowest BCUT2D eigenvalue weighted by molar-refractivity contribution is -0.127. The van der Waals surface area contributed by atoms with Crippen molar-refractivity contribution < 1.29 is 9.90 Å². The van der Waals surface area contributed by atoms with Gasteiger partial charge >= 0.3 is 0 Å². The first-order chi connectivity index (χ1) is 5.54. The topological polar surface area (TPSA) is 37.3 Å². The van der Waals surface area contributed by atoms with E-state index in [4.69, 9.17) is 0 Å². The third-order valence-electron chi connectivity index (χ3n) is 2.38. The number of ketones is 1. The number of hydrogen-bond acceptors (Lipinski definition) is 2. The van der Waals surface area contributed by atoms with E-state index in [-0.39, 0.29) is 11.7 Å². The average molecular weight is 166 g/mol. The highest BCUT2D eigenvalue weighted by Gasteiger charge is 2.30. The first-order valence-electron chi connectivity index (χ1n) is 4.09. The Morgan fingerprint density at radius 3 is 2.75 bits per heavy atom. The number of rotatable bonds is 1. The van der Waals surface area contributed by atoms with Gasteiger partial charge in [0.1, 0.15) is 6.10 Å². The van der Waals surface area contributed by atoms with Crippen molar-refractivity contribution in [2.24, 2.45) is 5.92 Å². The molecule has 0 aliphatic heterocycles. The molecular formula is C10H14O2. The summed E-state index contributed by atoms with van der Waals surface area (Å²) in [6.45, 7) is 9.42. The van der Waals surface area contributed by atoms with Crippen LogP contribution in [-0.2, 0) is 4.79 Å². The maximum absolute atomic E-state index is 11.0. The molecule has 1 rings (SSSR count). The van der Waals surface area contributed by atoms with Gasteiger partial charge in [0, 0.05) is 12.3 Å². The molecule has 0 spiro atoms. The molecule has 2 nitrogen and oxygen atoms in total. The third kappa shape index (κ3) is 1.48. The second-order valence-corrected chi connectivity index (χ2v) is 3.38. The number of aliphatic hydroxyl groups is 1. The van der Waals surface area contributed by atoms with Gasteiger partial charge in [0.25, 0.3) is 0 Å². The van der Waals surface area contributed by atoms with Crippen LogP contribution in [0, 0.1) is 5.92 Å². The van der Waals surface area contributed by atoms with E-state index in [1.807, 2.05) is 6.92 Å². The van der Waals surface area contributed by atoms with Crippen molar-refractivity contribution in [3.8, 4) is 0 Å². The number of carbonyl (C=O) groups excluding carboxylic acids is 1. The third-order valence-corrected chi connectivity index (χ3v) is 2.38. The van der Waals surface area contributed by atoms with E-state index < -0.39 is 6.10 Å². The highest BCUT2D eigenvalue weighted by molar-refractivity contribution is 5.87. The van der Waals surface area contributed by atoms with E-state index in [9.17, 15) is 9.90 Å². The molecule has 2 unspecified atom stereocenters. The zero-order chi connectivity index (χ0) is 9.30. The summed E-state index contributed by atoms with van der Waals surface area (Å²) in [5.41, 5.74) is 1.59. The molecule has 2 atom stereocenters. The summed E-state index contributed by atoms with van der Waals surface area (Å²) in [4.78, 5) is 11.0. The second kappa shape index (κ2) is 3.23. The first kappa shape index (κ1) is 9.20. The Balaban J connectivity index is 2.78. The average Bonchev–Trinajstić information content (AvgIpc) is 2.00. The molecule has 0 saturated heterocycles. The molecule has 1 aliphatic carbocycles. The van der Waals surface area contributed by atoms with Gasteiger partial charge < -0.3 is 5.11 Å². The molecule has 0 amide bonds. The quantitative estimate of drug-likeness (QED) is 0.599. The maximum Gasteiger partial charge on any atom is 0.165 e. The van der Waals surface area contributed by atoms with Gasteiger partial charge in [-0.3, -0.25) is 4.79 Å². The van der Waals surface area contributed by atoms with Crippen molar-refractivity contribution in [3.63, 3.8) is 0 Å². The summed E-state index contributed by atoms with van der Waals surface area (Å²) < 4.78 is 0. The Morgan fingerprint density at radius 1 is 1.67 bits per heavy atom. The highest BCUT2D eigenvalue weighted by Crippen LogP contribution is 2.30. The van der Waals surface area contributed by atoms with Crippen LogP contribution in [0.25, 0.3) is 0 Å². The summed E-state index contributed by atoms with van der Waals surface area (Å²) in [7, 11) is 0. The Morgan fingerprint density at radius 2 is 2.25 bits per heavy atom. The van der Waals surface area contributed by atoms with Gasteiger partial charge in [-0.2, -0.15) is 0 Å². The fourth-order valence-electron chi connectivity index (χ4n) is 1.57. The summed E-state index contributed by atoms with van der Waals surface area (Å²) in [5.74, 6) is 0.00944. The van der Waals surface area contributed by atoms with E-state index in [1.54, 1.807) is 0 Å². The Bertz CT molecular complexity index is 240. The lowest BCUT2D eigenvalue weighted by Gasteiger charge is -2.27. The van der Waals surface area contributed by atoms with Crippen LogP contribution < -0.4 is 0 Å². The molecule has 0 aromatic heterocycles. The number of Topliss-reactive ketones (excluding diaryl/α,β-unsaturated/α-hetero) is 1. The SMILES string of the molecule is C=C(C)C1CCC(=O)C(O)C1=C. The Kier molecular flexibility index (Phi) is 2.48. The van der Waals surface area contributed by atoms with E-state index in [1.165, 1.54) is 0 Å². The van der Waals surface area contributed by atoms with Crippen LogP contribution in [-0.4, -0.2) is 17.0 Å². The van der Waals surface area contributed by atoms with Crippen LogP contribution in [0.15, 0.2) is 24.3 Å². The van der Waals surface area contributed by atoms with Crippen molar-refractivity contribution in [3.05, 3.63) is 24.3 Å². The van der Waals surface area contributed by atoms with E-state index >= 15 is 0 Å². The van der Waals surface area contributed by atoms with Gasteiger partial charge in [-0.1, -0.05) is 18.7 Å². The van der Waals surface area contributed by atoms with E-state index in [2.05, 4.69) is 13.2 Å². The van der Waals surface area contributed by atoms with Crippen molar-refractivity contribution in [1.29, 1.82) is 0 Å². The summed E-state index contributed by atoms with van der Waals surface area (Å²) >= 11 is 0. The van der Waals surface area contributed by atoms with Gasteiger partial charge in [0.15, 0.2) is 5.78 Å². The smallest absolute Gasteiger partial charge is 0.165 e. The molecule has 0 heterocycles. The molecule has 66 valence electrons. The molecule has 0 bridgehead atoms. The summed E-state index contributed by atoms with van der Waals surface area (Å²) in [5, 5.41) is 9.38. The monoisotopic (exact) mass is 166 g/mol. The van der Waals surface area contributed by atoms with Crippen LogP contribution >= 0.6 is 0 Å². The minimum absolute atomic E-state index is 0.113. The molecule has 1 saturated carbocycles. The maximum atomic E-state index is 11.0. The molecule has 12 heavy (non-hydrogen) atoms. The predicted octanol–water partition coefficient (Wildman–Crippen LogP) is 1.46. The molecule has 1 aliphatic rings. The van der Waals surface area contributed by atoms with Gasteiger partial charge in [-0.25, -0.2) is 0 Å². The van der Waals surface area contributed by atoms with Crippen molar-refractivity contribution in [2.75, 3.05) is 0 Å². The normalized spacial score (nSPS) is 30.5. The highest BCUT2D eigenvalue weighted by atomic mass is 16.3. The lowest BCUT2D eigenvalue weighted by atomic mass is 9.79. The van der Waals surface area contributed by atoms with Crippen LogP contribution in [0.4, 0.5) is 0 Å². The minimum Gasteiger partial charge on any atom is -0.381 e. The standard InChI is InChI=1S/C10H14O2/c1-6(2)8-4-5-9(11)10(12)7(8)3/h8,10,12H,1,3-5H2,2H3. The molecular weight excluding hydrogens is 152 g/mol. The molecule has 1 N–H and O–H groups in total. The molecule has 0 aromatic carbocycles. The van der Waals surface area contributed by atoms with Crippen LogP contribution in [0.3, 0.4) is 0 Å². The van der Waals surface area contributed by atoms with Crippen LogP contribution in [0.5, 0.6) is 0 Å². The summed E-state index contributed by atoms with van der Waals surface area (Å²) in [6, 6.07) is 0.